The van der Waals surface area contributed by atoms with Gasteiger partial charge in [-0.3, -0.25) is 4.68 Å². The van der Waals surface area contributed by atoms with E-state index in [1.54, 1.807) is 0 Å². The minimum Gasteiger partial charge on any atom is -0.328 e. The highest BCUT2D eigenvalue weighted by Crippen LogP contribution is 2.16. The van der Waals surface area contributed by atoms with E-state index >= 15 is 0 Å². The molecule has 1 aliphatic rings. The van der Waals surface area contributed by atoms with Crippen molar-refractivity contribution in [2.75, 3.05) is 6.54 Å². The molecule has 2 rings (SSSR count). The average molecular weight is 194 g/mol. The van der Waals surface area contributed by atoms with Gasteiger partial charge >= 0.3 is 0 Å². The van der Waals surface area contributed by atoms with Gasteiger partial charge in [0, 0.05) is 24.8 Å². The first-order chi connectivity index (χ1) is 6.74. The molecule has 3 N–H and O–H groups in total. The van der Waals surface area contributed by atoms with E-state index in [0.717, 1.165) is 25.9 Å². The second-order valence-corrected chi connectivity index (χ2v) is 4.16. The quantitative estimate of drug-likeness (QED) is 0.723. The van der Waals surface area contributed by atoms with Gasteiger partial charge in [0.15, 0.2) is 0 Å². The maximum Gasteiger partial charge on any atom is 0.0534 e. The van der Waals surface area contributed by atoms with Crippen molar-refractivity contribution in [3.63, 3.8) is 0 Å². The van der Waals surface area contributed by atoms with Gasteiger partial charge in [0.25, 0.3) is 0 Å². The Bertz CT molecular complexity index is 288. The zero-order chi connectivity index (χ0) is 9.97. The van der Waals surface area contributed by atoms with Crippen molar-refractivity contribution < 1.29 is 0 Å². The summed E-state index contributed by atoms with van der Waals surface area (Å²) < 4.78 is 1.97. The Labute approximate surface area is 84.5 Å². The monoisotopic (exact) mass is 194 g/mol. The van der Waals surface area contributed by atoms with Crippen LogP contribution in [0.3, 0.4) is 0 Å². The molecule has 4 heteroatoms. The molecule has 1 heterocycles. The Hall–Kier alpha value is -0.870. The largest absolute Gasteiger partial charge is 0.328 e. The number of aromatic nitrogens is 2. The van der Waals surface area contributed by atoms with Crippen LogP contribution >= 0.6 is 0 Å². The predicted octanol–water partition coefficient (Wildman–Crippen LogP) is 0.271. The summed E-state index contributed by atoms with van der Waals surface area (Å²) in [6.07, 6.45) is 6.20. The third-order valence-electron chi connectivity index (χ3n) is 2.71. The topological polar surface area (TPSA) is 55.9 Å². The van der Waals surface area contributed by atoms with Gasteiger partial charge in [0.05, 0.1) is 12.7 Å². The van der Waals surface area contributed by atoms with E-state index in [-0.39, 0.29) is 0 Å². The number of aryl methyl sites for hydroxylation is 1. The van der Waals surface area contributed by atoms with E-state index < -0.39 is 0 Å². The van der Waals surface area contributed by atoms with Crippen molar-refractivity contribution in [2.45, 2.75) is 38.4 Å². The second-order valence-electron chi connectivity index (χ2n) is 4.16. The number of hydrogen-bond donors (Lipinski definition) is 2. The number of rotatable bonds is 4. The highest BCUT2D eigenvalue weighted by molar-refractivity contribution is 4.99. The molecule has 0 aromatic carbocycles. The summed E-state index contributed by atoms with van der Waals surface area (Å²) in [7, 11) is 0. The van der Waals surface area contributed by atoms with Crippen molar-refractivity contribution in [2.24, 2.45) is 5.73 Å². The van der Waals surface area contributed by atoms with Crippen molar-refractivity contribution in [3.8, 4) is 0 Å². The Morgan fingerprint density at radius 2 is 2.43 bits per heavy atom. The predicted molar refractivity (Wildman–Crippen MR) is 56.0 cm³/mol. The lowest BCUT2D eigenvalue weighted by molar-refractivity contribution is 0.288. The number of nitrogens with one attached hydrogen (secondary N) is 1. The summed E-state index contributed by atoms with van der Waals surface area (Å²) in [4.78, 5) is 0. The fourth-order valence-corrected chi connectivity index (χ4v) is 1.80. The third kappa shape index (κ3) is 2.33. The van der Waals surface area contributed by atoms with Crippen LogP contribution in [0, 0.1) is 6.92 Å². The van der Waals surface area contributed by atoms with Gasteiger partial charge in [-0.2, -0.15) is 5.10 Å². The number of nitrogens with zero attached hydrogens (tertiary/aromatic N) is 2. The van der Waals surface area contributed by atoms with E-state index in [9.17, 15) is 0 Å². The highest BCUT2D eigenvalue weighted by atomic mass is 15.3. The van der Waals surface area contributed by atoms with Crippen LogP contribution in [-0.2, 0) is 6.54 Å². The molecule has 1 aromatic rings. The van der Waals surface area contributed by atoms with Gasteiger partial charge in [0.2, 0.25) is 0 Å². The molecule has 0 radical (unpaired) electrons. The molecular weight excluding hydrogens is 176 g/mol. The van der Waals surface area contributed by atoms with Crippen LogP contribution in [0.2, 0.25) is 0 Å². The molecule has 0 aliphatic heterocycles. The van der Waals surface area contributed by atoms with Crippen molar-refractivity contribution >= 4 is 0 Å². The fraction of sp³-hybridized carbons (Fsp3) is 0.700. The number of hydrogen-bond acceptors (Lipinski definition) is 3. The molecule has 78 valence electrons. The van der Waals surface area contributed by atoms with Crippen LogP contribution in [0.25, 0.3) is 0 Å². The summed E-state index contributed by atoms with van der Waals surface area (Å²) in [6, 6.07) is 1.07. The smallest absolute Gasteiger partial charge is 0.0534 e. The Morgan fingerprint density at radius 3 is 3.00 bits per heavy atom. The van der Waals surface area contributed by atoms with Gasteiger partial charge in [-0.1, -0.05) is 0 Å². The molecule has 0 unspecified atom stereocenters. The van der Waals surface area contributed by atoms with Crippen LogP contribution < -0.4 is 11.1 Å². The van der Waals surface area contributed by atoms with Crippen LogP contribution in [0.1, 0.15) is 18.4 Å². The van der Waals surface area contributed by atoms with Crippen LogP contribution in [0.4, 0.5) is 0 Å². The fourth-order valence-electron chi connectivity index (χ4n) is 1.80. The van der Waals surface area contributed by atoms with Crippen molar-refractivity contribution in [1.29, 1.82) is 0 Å². The van der Waals surface area contributed by atoms with Crippen LogP contribution in [0.5, 0.6) is 0 Å². The van der Waals surface area contributed by atoms with E-state index in [1.807, 2.05) is 10.9 Å². The zero-order valence-electron chi connectivity index (χ0n) is 8.61. The van der Waals surface area contributed by atoms with Crippen molar-refractivity contribution in [1.82, 2.24) is 15.1 Å². The Balaban J connectivity index is 1.63. The average Bonchev–Trinajstić information content (AvgIpc) is 2.48. The first kappa shape index (κ1) is 9.68. The maximum atomic E-state index is 5.70. The minimum absolute atomic E-state index is 0.430. The van der Waals surface area contributed by atoms with Gasteiger partial charge in [-0.05, 0) is 25.3 Å². The van der Waals surface area contributed by atoms with E-state index in [1.165, 1.54) is 5.56 Å². The lowest BCUT2D eigenvalue weighted by Gasteiger charge is -2.33. The van der Waals surface area contributed by atoms with Gasteiger partial charge in [-0.25, -0.2) is 0 Å². The molecule has 1 aliphatic carbocycles. The molecule has 0 saturated heterocycles. The summed E-state index contributed by atoms with van der Waals surface area (Å²) in [6.45, 7) is 3.99. The first-order valence-electron chi connectivity index (χ1n) is 5.22. The summed E-state index contributed by atoms with van der Waals surface area (Å²) >= 11 is 0. The number of nitrogens with two attached hydrogens (primary N) is 1. The molecular formula is C10H18N4. The molecule has 1 fully saturated rings. The SMILES string of the molecule is Cc1cnn(CCNC2CC(N)C2)c1. The van der Waals surface area contributed by atoms with Crippen LogP contribution in [0.15, 0.2) is 12.4 Å². The second kappa shape index (κ2) is 4.11. The normalized spacial score (nSPS) is 26.1. The molecule has 1 saturated carbocycles. The first-order valence-corrected chi connectivity index (χ1v) is 5.22. The summed E-state index contributed by atoms with van der Waals surface area (Å²) in [5, 5.41) is 7.69. The van der Waals surface area contributed by atoms with Crippen molar-refractivity contribution in [3.05, 3.63) is 18.0 Å². The Morgan fingerprint density at radius 1 is 1.64 bits per heavy atom. The lowest BCUT2D eigenvalue weighted by Crippen LogP contribution is -2.49. The highest BCUT2D eigenvalue weighted by Gasteiger charge is 2.24. The molecule has 1 aromatic heterocycles. The molecule has 14 heavy (non-hydrogen) atoms. The standard InChI is InChI=1S/C10H18N4/c1-8-6-13-14(7-8)3-2-12-10-4-9(11)5-10/h6-7,9-10,12H,2-5,11H2,1H3. The zero-order valence-corrected chi connectivity index (χ0v) is 8.61. The van der Waals surface area contributed by atoms with Gasteiger partial charge in [-0.15, -0.1) is 0 Å². The Kier molecular flexibility index (Phi) is 2.84. The molecule has 0 amide bonds. The summed E-state index contributed by atoms with van der Waals surface area (Å²) in [5.41, 5.74) is 6.92. The lowest BCUT2D eigenvalue weighted by atomic mass is 9.88. The van der Waals surface area contributed by atoms with Crippen LogP contribution in [-0.4, -0.2) is 28.4 Å². The molecule has 4 nitrogen and oxygen atoms in total. The summed E-state index contributed by atoms with van der Waals surface area (Å²) in [5.74, 6) is 0. The maximum absolute atomic E-state index is 5.70. The molecule has 0 atom stereocenters. The molecule has 0 spiro atoms. The van der Waals surface area contributed by atoms with E-state index in [2.05, 4.69) is 23.5 Å². The van der Waals surface area contributed by atoms with E-state index in [4.69, 9.17) is 5.73 Å². The van der Waals surface area contributed by atoms with E-state index in [0.29, 0.717) is 12.1 Å². The van der Waals surface area contributed by atoms with Gasteiger partial charge < -0.3 is 11.1 Å². The minimum atomic E-state index is 0.430. The molecule has 0 bridgehead atoms. The van der Waals surface area contributed by atoms with Gasteiger partial charge in [0.1, 0.15) is 0 Å². The third-order valence-corrected chi connectivity index (χ3v) is 2.71.